The van der Waals surface area contributed by atoms with E-state index in [-0.39, 0.29) is 5.91 Å². The Hall–Kier alpha value is -3.45. The number of para-hydroxylation sites is 1. The minimum Gasteiger partial charge on any atom is -0.493 e. The number of benzene rings is 2. The van der Waals surface area contributed by atoms with E-state index in [2.05, 4.69) is 28.2 Å². The van der Waals surface area contributed by atoms with Gasteiger partial charge in [0.05, 0.1) is 39.0 Å². The van der Waals surface area contributed by atoms with Gasteiger partial charge in [-0.1, -0.05) is 37.5 Å². The van der Waals surface area contributed by atoms with Crippen LogP contribution in [0.3, 0.4) is 0 Å². The number of hydrogen-bond donors (Lipinski definition) is 1. The van der Waals surface area contributed by atoms with Crippen molar-refractivity contribution in [3.05, 3.63) is 53.7 Å². The summed E-state index contributed by atoms with van der Waals surface area (Å²) in [6.07, 6.45) is 8.59. The van der Waals surface area contributed by atoms with Gasteiger partial charge in [-0.2, -0.15) is 0 Å². The molecule has 0 atom stereocenters. The Morgan fingerprint density at radius 2 is 1.69 bits per heavy atom. The zero-order chi connectivity index (χ0) is 25.1. The lowest BCUT2D eigenvalue weighted by Crippen LogP contribution is -2.17. The fourth-order valence-electron chi connectivity index (χ4n) is 5.51. The normalized spacial score (nSPS) is 16.5. The standard InChI is InChI=1S/C29H34N2O5/c1-33-25-13-20(14-26(34-2)28(25)35-3)27-22(15-30-29(27)32)23-16-31(24-12-8-7-11-21(23)24)18-36-17-19-9-5-4-6-10-19/h7-8,11-14,16,19H,4-6,9-10,15,17-18H2,1-3H3,(H,30,32). The third-order valence-electron chi connectivity index (χ3n) is 7.33. The average molecular weight is 491 g/mol. The smallest absolute Gasteiger partial charge is 0.252 e. The summed E-state index contributed by atoms with van der Waals surface area (Å²) in [5, 5.41) is 4.11. The highest BCUT2D eigenvalue weighted by Crippen LogP contribution is 2.43. The molecular weight excluding hydrogens is 456 g/mol. The molecule has 1 aliphatic carbocycles. The predicted molar refractivity (Wildman–Crippen MR) is 140 cm³/mol. The van der Waals surface area contributed by atoms with Crippen molar-refractivity contribution in [3.8, 4) is 17.2 Å². The molecule has 0 saturated heterocycles. The van der Waals surface area contributed by atoms with Crippen molar-refractivity contribution in [2.24, 2.45) is 5.92 Å². The Bertz CT molecular complexity index is 1260. The molecule has 1 saturated carbocycles. The second kappa shape index (κ2) is 10.7. The van der Waals surface area contributed by atoms with Crippen LogP contribution in [-0.4, -0.2) is 45.0 Å². The minimum atomic E-state index is -0.121. The van der Waals surface area contributed by atoms with Crippen molar-refractivity contribution in [1.82, 2.24) is 9.88 Å². The van der Waals surface area contributed by atoms with Crippen molar-refractivity contribution in [2.75, 3.05) is 34.5 Å². The zero-order valence-electron chi connectivity index (χ0n) is 21.3. The van der Waals surface area contributed by atoms with Crippen LogP contribution in [0.25, 0.3) is 22.0 Å². The lowest BCUT2D eigenvalue weighted by molar-refractivity contribution is -0.114. The molecule has 2 heterocycles. The summed E-state index contributed by atoms with van der Waals surface area (Å²) in [4.78, 5) is 13.1. The average Bonchev–Trinajstić information content (AvgIpc) is 3.48. The quantitative estimate of drug-likeness (QED) is 0.443. The molecule has 0 unspecified atom stereocenters. The van der Waals surface area contributed by atoms with Gasteiger partial charge in [-0.15, -0.1) is 0 Å². The molecular formula is C29H34N2O5. The number of hydrogen-bond acceptors (Lipinski definition) is 5. The predicted octanol–water partition coefficient (Wildman–Crippen LogP) is 5.26. The molecule has 5 rings (SSSR count). The fourth-order valence-corrected chi connectivity index (χ4v) is 5.51. The number of nitrogens with zero attached hydrogens (tertiary/aromatic N) is 1. The Labute approximate surface area is 212 Å². The van der Waals surface area contributed by atoms with Crippen LogP contribution in [0.1, 0.15) is 43.2 Å². The lowest BCUT2D eigenvalue weighted by Gasteiger charge is -2.21. The highest BCUT2D eigenvalue weighted by atomic mass is 16.5. The fraction of sp³-hybridized carbons (Fsp3) is 0.414. The molecule has 1 aromatic heterocycles. The summed E-state index contributed by atoms with van der Waals surface area (Å²) in [5.74, 6) is 2.06. The van der Waals surface area contributed by atoms with Crippen LogP contribution >= 0.6 is 0 Å². The van der Waals surface area contributed by atoms with Crippen molar-refractivity contribution in [3.63, 3.8) is 0 Å². The first-order valence-corrected chi connectivity index (χ1v) is 12.6. The van der Waals surface area contributed by atoms with Gasteiger partial charge < -0.3 is 28.8 Å². The minimum absolute atomic E-state index is 0.121. The molecule has 7 heteroatoms. The van der Waals surface area contributed by atoms with Crippen LogP contribution in [0, 0.1) is 5.92 Å². The molecule has 0 radical (unpaired) electrons. The third-order valence-corrected chi connectivity index (χ3v) is 7.33. The van der Waals surface area contributed by atoms with Crippen molar-refractivity contribution in [2.45, 2.75) is 38.8 Å². The van der Waals surface area contributed by atoms with Crippen LogP contribution in [0.5, 0.6) is 17.2 Å². The highest BCUT2D eigenvalue weighted by Gasteiger charge is 2.29. The van der Waals surface area contributed by atoms with Crippen LogP contribution in [-0.2, 0) is 16.3 Å². The van der Waals surface area contributed by atoms with Crippen LogP contribution < -0.4 is 19.5 Å². The van der Waals surface area contributed by atoms with Gasteiger partial charge in [0, 0.05) is 23.7 Å². The molecule has 1 aliphatic heterocycles. The van der Waals surface area contributed by atoms with Crippen LogP contribution in [0.15, 0.2) is 42.6 Å². The summed E-state index contributed by atoms with van der Waals surface area (Å²) < 4.78 is 24.9. The largest absolute Gasteiger partial charge is 0.493 e. The van der Waals surface area contributed by atoms with Crippen molar-refractivity contribution < 1.29 is 23.7 Å². The number of methoxy groups -OCH3 is 3. The molecule has 190 valence electrons. The van der Waals surface area contributed by atoms with E-state index in [4.69, 9.17) is 18.9 Å². The summed E-state index contributed by atoms with van der Waals surface area (Å²) >= 11 is 0. The number of ether oxygens (including phenoxy) is 4. The van der Waals surface area contributed by atoms with E-state index in [1.54, 1.807) is 21.3 Å². The van der Waals surface area contributed by atoms with Gasteiger partial charge in [0.15, 0.2) is 11.5 Å². The highest BCUT2D eigenvalue weighted by molar-refractivity contribution is 6.31. The second-order valence-corrected chi connectivity index (χ2v) is 9.48. The molecule has 36 heavy (non-hydrogen) atoms. The van der Waals surface area contributed by atoms with Crippen LogP contribution in [0.2, 0.25) is 0 Å². The van der Waals surface area contributed by atoms with Crippen LogP contribution in [0.4, 0.5) is 0 Å². The number of rotatable bonds is 9. The molecule has 7 nitrogen and oxygen atoms in total. The Morgan fingerprint density at radius 1 is 0.972 bits per heavy atom. The van der Waals surface area contributed by atoms with Crippen molar-refractivity contribution >= 4 is 28.0 Å². The lowest BCUT2D eigenvalue weighted by atomic mass is 9.90. The SMILES string of the molecule is COc1cc(C2=C(c3cn(COCC4CCCCC4)c4ccccc34)CNC2=O)cc(OC)c1OC. The van der Waals surface area contributed by atoms with Gasteiger partial charge in [0.25, 0.3) is 5.91 Å². The molecule has 1 N–H and O–H groups in total. The molecule has 2 aromatic carbocycles. The maximum absolute atomic E-state index is 13.1. The molecule has 3 aromatic rings. The number of amides is 1. The number of aromatic nitrogens is 1. The summed E-state index contributed by atoms with van der Waals surface area (Å²) in [6, 6.07) is 11.9. The van der Waals surface area contributed by atoms with E-state index >= 15 is 0 Å². The first-order chi connectivity index (χ1) is 17.6. The second-order valence-electron chi connectivity index (χ2n) is 9.48. The Balaban J connectivity index is 1.53. The maximum atomic E-state index is 13.1. The van der Waals surface area contributed by atoms with E-state index in [1.807, 2.05) is 24.3 Å². The van der Waals surface area contributed by atoms with E-state index < -0.39 is 0 Å². The first-order valence-electron chi connectivity index (χ1n) is 12.6. The van der Waals surface area contributed by atoms with E-state index in [9.17, 15) is 4.79 Å². The third kappa shape index (κ3) is 4.55. The van der Waals surface area contributed by atoms with Crippen molar-refractivity contribution in [1.29, 1.82) is 0 Å². The summed E-state index contributed by atoms with van der Waals surface area (Å²) in [6.45, 7) is 1.73. The Morgan fingerprint density at radius 3 is 2.39 bits per heavy atom. The zero-order valence-corrected chi connectivity index (χ0v) is 21.3. The van der Waals surface area contributed by atoms with Gasteiger partial charge in [-0.3, -0.25) is 4.79 Å². The van der Waals surface area contributed by atoms with Gasteiger partial charge in [-0.05, 0) is 48.1 Å². The molecule has 2 aliphatic rings. The maximum Gasteiger partial charge on any atom is 0.252 e. The number of fused-ring (bicyclic) bond motifs is 1. The van der Waals surface area contributed by atoms with Gasteiger partial charge in [-0.25, -0.2) is 0 Å². The molecule has 1 fully saturated rings. The van der Waals surface area contributed by atoms with Gasteiger partial charge in [0.2, 0.25) is 5.75 Å². The summed E-state index contributed by atoms with van der Waals surface area (Å²) in [7, 11) is 4.72. The first kappa shape index (κ1) is 24.3. The summed E-state index contributed by atoms with van der Waals surface area (Å²) in [5.41, 5.74) is 4.39. The monoisotopic (exact) mass is 490 g/mol. The molecule has 0 spiro atoms. The van der Waals surface area contributed by atoms with E-state index in [1.165, 1.54) is 32.1 Å². The van der Waals surface area contributed by atoms with Gasteiger partial charge in [0.1, 0.15) is 6.73 Å². The van der Waals surface area contributed by atoms with E-state index in [0.29, 0.717) is 42.0 Å². The molecule has 1 amide bonds. The van der Waals surface area contributed by atoms with E-state index in [0.717, 1.165) is 34.2 Å². The number of nitrogens with one attached hydrogen (secondary N) is 1. The Kier molecular flexibility index (Phi) is 7.18. The van der Waals surface area contributed by atoms with Gasteiger partial charge >= 0.3 is 0 Å². The topological polar surface area (TPSA) is 71.0 Å². The number of carbonyl (C=O) groups is 1. The molecule has 0 bridgehead atoms. The number of carbonyl (C=O) groups excluding carboxylic acids is 1.